The Balaban J connectivity index is 2.12. The van der Waals surface area contributed by atoms with Crippen molar-refractivity contribution in [1.82, 2.24) is 10.2 Å². The first-order valence-electron chi connectivity index (χ1n) is 5.18. The number of fused-ring (bicyclic) bond motifs is 1. The number of hydrogen-bond donors (Lipinski definition) is 1. The molecule has 0 radical (unpaired) electrons. The number of piperidine rings is 2. The van der Waals surface area contributed by atoms with Gasteiger partial charge >= 0.3 is 0 Å². The van der Waals surface area contributed by atoms with Crippen LogP contribution in [0.1, 0.15) is 32.6 Å². The van der Waals surface area contributed by atoms with E-state index < -0.39 is 0 Å². The molecule has 0 aromatic carbocycles. The Labute approximate surface area is 75.3 Å². The van der Waals surface area contributed by atoms with Crippen LogP contribution in [0.15, 0.2) is 0 Å². The molecule has 2 heteroatoms. The van der Waals surface area contributed by atoms with E-state index in [2.05, 4.69) is 24.2 Å². The Morgan fingerprint density at radius 2 is 2.25 bits per heavy atom. The molecular formula is C10H20N2. The van der Waals surface area contributed by atoms with Crippen LogP contribution in [0.2, 0.25) is 0 Å². The third kappa shape index (κ3) is 1.27. The smallest absolute Gasteiger partial charge is 0.0309 e. The summed E-state index contributed by atoms with van der Waals surface area (Å²) in [5.41, 5.74) is 0.422. The second kappa shape index (κ2) is 3.00. The summed E-state index contributed by atoms with van der Waals surface area (Å²) in [5.74, 6) is 0. The van der Waals surface area contributed by atoms with Gasteiger partial charge in [-0.25, -0.2) is 0 Å². The van der Waals surface area contributed by atoms with E-state index in [4.69, 9.17) is 0 Å². The Kier molecular flexibility index (Phi) is 2.13. The summed E-state index contributed by atoms with van der Waals surface area (Å²) in [7, 11) is 2.27. The lowest BCUT2D eigenvalue weighted by Crippen LogP contribution is -2.63. The third-order valence-corrected chi connectivity index (χ3v) is 3.66. The highest BCUT2D eigenvalue weighted by atomic mass is 15.2. The number of likely N-dealkylation sites (N-methyl/N-ethyl adjacent to an activating group) is 1. The van der Waals surface area contributed by atoms with Crippen molar-refractivity contribution >= 4 is 0 Å². The number of nitrogens with zero attached hydrogens (tertiary/aromatic N) is 1. The maximum atomic E-state index is 3.69. The monoisotopic (exact) mass is 168 g/mol. The van der Waals surface area contributed by atoms with Crippen LogP contribution in [-0.2, 0) is 0 Å². The number of hydrogen-bond acceptors (Lipinski definition) is 2. The molecule has 0 amide bonds. The van der Waals surface area contributed by atoms with Crippen molar-refractivity contribution < 1.29 is 0 Å². The third-order valence-electron chi connectivity index (χ3n) is 3.66. The zero-order chi connectivity index (χ0) is 8.60. The lowest BCUT2D eigenvalue weighted by atomic mass is 9.78. The lowest BCUT2D eigenvalue weighted by molar-refractivity contribution is 0.0517. The maximum Gasteiger partial charge on any atom is 0.0309 e. The molecule has 0 spiro atoms. The maximum absolute atomic E-state index is 3.69. The highest BCUT2D eigenvalue weighted by molar-refractivity contribution is 5.01. The zero-order valence-electron chi connectivity index (χ0n) is 8.27. The van der Waals surface area contributed by atoms with Crippen molar-refractivity contribution in [1.29, 1.82) is 0 Å². The molecule has 2 saturated heterocycles. The Morgan fingerprint density at radius 3 is 3.00 bits per heavy atom. The van der Waals surface area contributed by atoms with Crippen LogP contribution < -0.4 is 5.32 Å². The topological polar surface area (TPSA) is 15.3 Å². The standard InChI is InChI=1S/C10H20N2/c1-10-6-4-8-12(2)9(10)5-3-7-11-10/h9,11H,3-8H2,1-2H3. The zero-order valence-corrected chi connectivity index (χ0v) is 8.27. The SMILES string of the molecule is CN1CCCC2(C)NCCCC12. The summed E-state index contributed by atoms with van der Waals surface area (Å²) in [6.45, 7) is 4.91. The molecule has 0 aliphatic carbocycles. The van der Waals surface area contributed by atoms with Gasteiger partial charge in [-0.15, -0.1) is 0 Å². The fourth-order valence-electron chi connectivity index (χ4n) is 2.92. The van der Waals surface area contributed by atoms with E-state index in [0.717, 1.165) is 6.04 Å². The van der Waals surface area contributed by atoms with E-state index >= 15 is 0 Å². The van der Waals surface area contributed by atoms with Gasteiger partial charge in [0.05, 0.1) is 0 Å². The minimum Gasteiger partial charge on any atom is -0.310 e. The Bertz CT molecular complexity index is 165. The minimum absolute atomic E-state index is 0.422. The first kappa shape index (κ1) is 8.52. The largest absolute Gasteiger partial charge is 0.310 e. The predicted octanol–water partition coefficient (Wildman–Crippen LogP) is 1.22. The molecule has 70 valence electrons. The van der Waals surface area contributed by atoms with Gasteiger partial charge in [-0.3, -0.25) is 0 Å². The molecule has 2 aliphatic heterocycles. The highest BCUT2D eigenvalue weighted by Crippen LogP contribution is 2.31. The Morgan fingerprint density at radius 1 is 1.42 bits per heavy atom. The van der Waals surface area contributed by atoms with Gasteiger partial charge in [0.1, 0.15) is 0 Å². The van der Waals surface area contributed by atoms with Crippen molar-refractivity contribution in [3.63, 3.8) is 0 Å². The predicted molar refractivity (Wildman–Crippen MR) is 51.3 cm³/mol. The summed E-state index contributed by atoms with van der Waals surface area (Å²) in [6.07, 6.45) is 5.46. The van der Waals surface area contributed by atoms with Crippen molar-refractivity contribution in [2.75, 3.05) is 20.1 Å². The molecule has 2 rings (SSSR count). The van der Waals surface area contributed by atoms with Gasteiger partial charge in [-0.1, -0.05) is 0 Å². The van der Waals surface area contributed by atoms with Crippen molar-refractivity contribution in [2.24, 2.45) is 0 Å². The van der Waals surface area contributed by atoms with Crippen LogP contribution in [0.5, 0.6) is 0 Å². The van der Waals surface area contributed by atoms with Gasteiger partial charge in [0.15, 0.2) is 0 Å². The molecule has 0 aromatic heterocycles. The van der Waals surface area contributed by atoms with E-state index in [0.29, 0.717) is 5.54 Å². The molecule has 2 atom stereocenters. The summed E-state index contributed by atoms with van der Waals surface area (Å²) in [4.78, 5) is 2.54. The van der Waals surface area contributed by atoms with Gasteiger partial charge in [0.25, 0.3) is 0 Å². The summed E-state index contributed by atoms with van der Waals surface area (Å²) < 4.78 is 0. The van der Waals surface area contributed by atoms with Gasteiger partial charge in [0, 0.05) is 11.6 Å². The number of likely N-dealkylation sites (tertiary alicyclic amines) is 1. The molecular weight excluding hydrogens is 148 g/mol. The molecule has 2 aliphatic rings. The van der Waals surface area contributed by atoms with Crippen LogP contribution >= 0.6 is 0 Å². The van der Waals surface area contributed by atoms with E-state index in [1.165, 1.54) is 38.8 Å². The van der Waals surface area contributed by atoms with Gasteiger partial charge in [0.2, 0.25) is 0 Å². The fraction of sp³-hybridized carbons (Fsp3) is 1.00. The fourth-order valence-corrected chi connectivity index (χ4v) is 2.92. The van der Waals surface area contributed by atoms with Crippen LogP contribution in [0.25, 0.3) is 0 Å². The molecule has 12 heavy (non-hydrogen) atoms. The first-order valence-corrected chi connectivity index (χ1v) is 5.18. The average Bonchev–Trinajstić information content (AvgIpc) is 2.04. The van der Waals surface area contributed by atoms with Crippen LogP contribution in [-0.4, -0.2) is 36.6 Å². The number of rotatable bonds is 0. The molecule has 0 bridgehead atoms. The average molecular weight is 168 g/mol. The highest BCUT2D eigenvalue weighted by Gasteiger charge is 2.40. The summed E-state index contributed by atoms with van der Waals surface area (Å²) in [6, 6.07) is 0.792. The molecule has 0 saturated carbocycles. The van der Waals surface area contributed by atoms with E-state index in [9.17, 15) is 0 Å². The van der Waals surface area contributed by atoms with Crippen LogP contribution in [0, 0.1) is 0 Å². The number of nitrogens with one attached hydrogen (secondary N) is 1. The first-order chi connectivity index (χ1) is 5.72. The van der Waals surface area contributed by atoms with Crippen molar-refractivity contribution in [2.45, 2.75) is 44.2 Å². The lowest BCUT2D eigenvalue weighted by Gasteiger charge is -2.50. The van der Waals surface area contributed by atoms with E-state index in [-0.39, 0.29) is 0 Å². The van der Waals surface area contributed by atoms with Crippen molar-refractivity contribution in [3.8, 4) is 0 Å². The van der Waals surface area contributed by atoms with E-state index in [1.54, 1.807) is 0 Å². The summed E-state index contributed by atoms with van der Waals surface area (Å²) >= 11 is 0. The molecule has 1 N–H and O–H groups in total. The van der Waals surface area contributed by atoms with Crippen LogP contribution in [0.3, 0.4) is 0 Å². The molecule has 0 aromatic rings. The minimum atomic E-state index is 0.422. The summed E-state index contributed by atoms with van der Waals surface area (Å²) in [5, 5.41) is 3.69. The molecule has 2 unspecified atom stereocenters. The molecule has 2 nitrogen and oxygen atoms in total. The van der Waals surface area contributed by atoms with Gasteiger partial charge in [-0.2, -0.15) is 0 Å². The normalized spacial score (nSPS) is 44.0. The van der Waals surface area contributed by atoms with Crippen LogP contribution in [0.4, 0.5) is 0 Å². The van der Waals surface area contributed by atoms with Crippen molar-refractivity contribution in [3.05, 3.63) is 0 Å². The van der Waals surface area contributed by atoms with Gasteiger partial charge < -0.3 is 10.2 Å². The van der Waals surface area contributed by atoms with Gasteiger partial charge in [-0.05, 0) is 52.7 Å². The second-order valence-corrected chi connectivity index (χ2v) is 4.59. The quantitative estimate of drug-likeness (QED) is 0.585. The Hall–Kier alpha value is -0.0800. The molecule has 2 fully saturated rings. The van der Waals surface area contributed by atoms with E-state index in [1.807, 2.05) is 0 Å². The molecule has 2 heterocycles. The second-order valence-electron chi connectivity index (χ2n) is 4.59.